The Morgan fingerprint density at radius 3 is 2.36 bits per heavy atom. The van der Waals surface area contributed by atoms with Gasteiger partial charge in [0.1, 0.15) is 0 Å². The summed E-state index contributed by atoms with van der Waals surface area (Å²) in [6.07, 6.45) is 1.68. The third-order valence-corrected chi connectivity index (χ3v) is 2.99. The fourth-order valence-electron chi connectivity index (χ4n) is 1.80. The van der Waals surface area contributed by atoms with Crippen LogP contribution in [-0.2, 0) is 11.3 Å². The topological polar surface area (TPSA) is 81.8 Å². The Bertz CT molecular complexity index is 691. The molecule has 0 saturated carbocycles. The van der Waals surface area contributed by atoms with Gasteiger partial charge in [0.2, 0.25) is 0 Å². The van der Waals surface area contributed by atoms with Crippen molar-refractivity contribution in [3.8, 4) is 0 Å². The molecule has 6 heteroatoms. The summed E-state index contributed by atoms with van der Waals surface area (Å²) in [5.41, 5.74) is 2.28. The summed E-state index contributed by atoms with van der Waals surface area (Å²) < 4.78 is 4.62. The van der Waals surface area contributed by atoms with E-state index >= 15 is 0 Å². The first kappa shape index (κ1) is 15.4. The van der Waals surface area contributed by atoms with E-state index in [4.69, 9.17) is 0 Å². The molecule has 112 valence electrons. The number of nitro groups is 1. The zero-order valence-electron chi connectivity index (χ0n) is 11.9. The van der Waals surface area contributed by atoms with Gasteiger partial charge in [0, 0.05) is 18.3 Å². The molecule has 0 atom stereocenters. The lowest BCUT2D eigenvalue weighted by Gasteiger charge is -1.99. The van der Waals surface area contributed by atoms with E-state index in [9.17, 15) is 14.9 Å². The molecule has 0 aliphatic carbocycles. The van der Waals surface area contributed by atoms with E-state index in [0.717, 1.165) is 11.1 Å². The Morgan fingerprint density at radius 2 is 1.82 bits per heavy atom. The van der Waals surface area contributed by atoms with Crippen molar-refractivity contribution in [1.82, 2.24) is 0 Å². The predicted molar refractivity (Wildman–Crippen MR) is 82.2 cm³/mol. The van der Waals surface area contributed by atoms with E-state index in [-0.39, 0.29) is 11.7 Å². The van der Waals surface area contributed by atoms with Gasteiger partial charge in [-0.25, -0.2) is 4.79 Å². The number of benzene rings is 2. The summed E-state index contributed by atoms with van der Waals surface area (Å²) in [4.78, 5) is 25.7. The lowest BCUT2D eigenvalue weighted by Crippen LogP contribution is -2.00. The Labute approximate surface area is 127 Å². The normalized spacial score (nSPS) is 10.6. The zero-order valence-corrected chi connectivity index (χ0v) is 11.9. The molecule has 0 N–H and O–H groups in total. The second-order valence-electron chi connectivity index (χ2n) is 4.51. The van der Waals surface area contributed by atoms with Crippen LogP contribution in [0, 0.1) is 10.1 Å². The SMILES string of the molecule is COC(=O)c1ccc(/C=N/Cc2ccc([N+](=O)[O-])cc2)cc1. The Morgan fingerprint density at radius 1 is 1.18 bits per heavy atom. The van der Waals surface area contributed by atoms with Gasteiger partial charge in [-0.3, -0.25) is 15.1 Å². The van der Waals surface area contributed by atoms with Crippen molar-refractivity contribution in [1.29, 1.82) is 0 Å². The number of carbonyl (C=O) groups excluding carboxylic acids is 1. The van der Waals surface area contributed by atoms with E-state index in [1.54, 1.807) is 42.6 Å². The van der Waals surface area contributed by atoms with Gasteiger partial charge in [0.15, 0.2) is 0 Å². The number of nitrogens with zero attached hydrogens (tertiary/aromatic N) is 2. The Hall–Kier alpha value is -3.02. The molecule has 2 aromatic rings. The van der Waals surface area contributed by atoms with Gasteiger partial charge in [-0.2, -0.15) is 0 Å². The summed E-state index contributed by atoms with van der Waals surface area (Å²) >= 11 is 0. The smallest absolute Gasteiger partial charge is 0.337 e. The van der Waals surface area contributed by atoms with E-state index in [1.165, 1.54) is 19.2 Å². The number of hydrogen-bond acceptors (Lipinski definition) is 5. The summed E-state index contributed by atoms with van der Waals surface area (Å²) in [6, 6.07) is 13.1. The minimum Gasteiger partial charge on any atom is -0.465 e. The van der Waals surface area contributed by atoms with Crippen LogP contribution in [0.25, 0.3) is 0 Å². The quantitative estimate of drug-likeness (QED) is 0.368. The summed E-state index contributed by atoms with van der Waals surface area (Å²) in [5.74, 6) is -0.380. The second-order valence-corrected chi connectivity index (χ2v) is 4.51. The maximum Gasteiger partial charge on any atom is 0.337 e. The van der Waals surface area contributed by atoms with Gasteiger partial charge < -0.3 is 4.74 Å². The first-order valence-electron chi connectivity index (χ1n) is 6.51. The van der Waals surface area contributed by atoms with Crippen molar-refractivity contribution in [3.63, 3.8) is 0 Å². The van der Waals surface area contributed by atoms with Crippen LogP contribution in [-0.4, -0.2) is 24.2 Å². The van der Waals surface area contributed by atoms with Crippen LogP contribution in [0.5, 0.6) is 0 Å². The molecule has 2 aromatic carbocycles. The number of carbonyl (C=O) groups is 1. The Balaban J connectivity index is 1.97. The highest BCUT2D eigenvalue weighted by atomic mass is 16.6. The molecular weight excluding hydrogens is 284 g/mol. The molecule has 0 bridgehead atoms. The number of esters is 1. The van der Waals surface area contributed by atoms with Gasteiger partial charge in [-0.1, -0.05) is 24.3 Å². The Kier molecular flexibility index (Phi) is 4.98. The van der Waals surface area contributed by atoms with Crippen molar-refractivity contribution in [3.05, 3.63) is 75.3 Å². The number of methoxy groups -OCH3 is 1. The number of hydrogen-bond donors (Lipinski definition) is 0. The molecule has 22 heavy (non-hydrogen) atoms. The number of rotatable bonds is 5. The molecule has 6 nitrogen and oxygen atoms in total. The van der Waals surface area contributed by atoms with Gasteiger partial charge in [0.25, 0.3) is 5.69 Å². The minimum atomic E-state index is -0.435. The molecule has 0 aromatic heterocycles. The predicted octanol–water partition coefficient (Wildman–Crippen LogP) is 3.00. The van der Waals surface area contributed by atoms with Crippen LogP contribution >= 0.6 is 0 Å². The summed E-state index contributed by atoms with van der Waals surface area (Å²) in [7, 11) is 1.34. The highest BCUT2D eigenvalue weighted by Crippen LogP contribution is 2.12. The average molecular weight is 298 g/mol. The molecule has 0 amide bonds. The molecular formula is C16H14N2O4. The van der Waals surface area contributed by atoms with Gasteiger partial charge in [0.05, 0.1) is 24.1 Å². The molecule has 0 aliphatic heterocycles. The van der Waals surface area contributed by atoms with Crippen LogP contribution < -0.4 is 0 Å². The third-order valence-electron chi connectivity index (χ3n) is 2.99. The molecule has 2 rings (SSSR count). The number of ether oxygens (including phenoxy) is 1. The second kappa shape index (κ2) is 7.12. The molecule has 0 saturated heterocycles. The monoisotopic (exact) mass is 298 g/mol. The van der Waals surface area contributed by atoms with Crippen molar-refractivity contribution < 1.29 is 14.5 Å². The fraction of sp³-hybridized carbons (Fsp3) is 0.125. The third kappa shape index (κ3) is 3.99. The first-order chi connectivity index (χ1) is 10.6. The maximum absolute atomic E-state index is 11.3. The average Bonchev–Trinajstić information content (AvgIpc) is 2.55. The maximum atomic E-state index is 11.3. The van der Waals surface area contributed by atoms with Crippen molar-refractivity contribution in [2.45, 2.75) is 6.54 Å². The molecule has 0 fully saturated rings. The van der Waals surface area contributed by atoms with Crippen LogP contribution in [0.15, 0.2) is 53.5 Å². The van der Waals surface area contributed by atoms with E-state index in [2.05, 4.69) is 9.73 Å². The van der Waals surface area contributed by atoms with Crippen molar-refractivity contribution in [2.24, 2.45) is 4.99 Å². The van der Waals surface area contributed by atoms with E-state index in [1.807, 2.05) is 0 Å². The lowest BCUT2D eigenvalue weighted by atomic mass is 10.1. The highest BCUT2D eigenvalue weighted by Gasteiger charge is 2.04. The van der Waals surface area contributed by atoms with Crippen LogP contribution in [0.2, 0.25) is 0 Å². The highest BCUT2D eigenvalue weighted by molar-refractivity contribution is 5.90. The molecule has 0 unspecified atom stereocenters. The number of nitro benzene ring substituents is 1. The van der Waals surface area contributed by atoms with Crippen molar-refractivity contribution >= 4 is 17.9 Å². The standard InChI is InChI=1S/C16H14N2O4/c1-22-16(19)14-6-2-12(3-7-14)10-17-11-13-4-8-15(9-5-13)18(20)21/h2-10H,11H2,1H3/b17-10+. The van der Waals surface area contributed by atoms with Gasteiger partial charge in [-0.15, -0.1) is 0 Å². The first-order valence-corrected chi connectivity index (χ1v) is 6.51. The lowest BCUT2D eigenvalue weighted by molar-refractivity contribution is -0.384. The summed E-state index contributed by atoms with van der Waals surface area (Å²) in [5, 5.41) is 10.6. The summed E-state index contributed by atoms with van der Waals surface area (Å²) in [6.45, 7) is 0.427. The van der Waals surface area contributed by atoms with Gasteiger partial charge in [-0.05, 0) is 23.3 Å². The molecule has 0 heterocycles. The van der Waals surface area contributed by atoms with Crippen LogP contribution in [0.1, 0.15) is 21.5 Å². The molecule has 0 spiro atoms. The number of aliphatic imine (C=N–C) groups is 1. The van der Waals surface area contributed by atoms with Crippen molar-refractivity contribution in [2.75, 3.05) is 7.11 Å². The van der Waals surface area contributed by atoms with Gasteiger partial charge >= 0.3 is 5.97 Å². The van der Waals surface area contributed by atoms with Crippen LogP contribution in [0.4, 0.5) is 5.69 Å². The number of non-ortho nitro benzene ring substituents is 1. The minimum absolute atomic E-state index is 0.0612. The largest absolute Gasteiger partial charge is 0.465 e. The zero-order chi connectivity index (χ0) is 15.9. The van der Waals surface area contributed by atoms with Crippen LogP contribution in [0.3, 0.4) is 0 Å². The molecule has 0 radical (unpaired) electrons. The molecule has 0 aliphatic rings. The van der Waals surface area contributed by atoms with E-state index in [0.29, 0.717) is 12.1 Å². The fourth-order valence-corrected chi connectivity index (χ4v) is 1.80. The van der Waals surface area contributed by atoms with E-state index < -0.39 is 4.92 Å².